The highest BCUT2D eigenvalue weighted by molar-refractivity contribution is 5.36. The predicted octanol–water partition coefficient (Wildman–Crippen LogP) is 3.56. The van der Waals surface area contributed by atoms with Crippen molar-refractivity contribution in [2.75, 3.05) is 5.32 Å². The first kappa shape index (κ1) is 12.8. The lowest BCUT2D eigenvalue weighted by atomic mass is 10.1. The van der Waals surface area contributed by atoms with Gasteiger partial charge in [-0.1, -0.05) is 19.9 Å². The molecule has 16 heavy (non-hydrogen) atoms. The van der Waals surface area contributed by atoms with E-state index in [-0.39, 0.29) is 11.9 Å². The highest BCUT2D eigenvalue weighted by atomic mass is 19.4. The van der Waals surface area contributed by atoms with Gasteiger partial charge >= 0.3 is 6.18 Å². The SMILES string of the molecule is CC(C)C(C)Nc1cccc(C(F)(F)F)n1. The van der Waals surface area contributed by atoms with E-state index in [1.807, 2.05) is 20.8 Å². The highest BCUT2D eigenvalue weighted by Crippen LogP contribution is 2.28. The normalized spacial score (nSPS) is 13.9. The average Bonchev–Trinajstić information content (AvgIpc) is 2.16. The van der Waals surface area contributed by atoms with E-state index in [1.165, 1.54) is 12.1 Å². The number of hydrogen-bond acceptors (Lipinski definition) is 2. The molecule has 90 valence electrons. The van der Waals surface area contributed by atoms with Crippen LogP contribution in [0, 0.1) is 5.92 Å². The van der Waals surface area contributed by atoms with Crippen molar-refractivity contribution in [3.05, 3.63) is 23.9 Å². The van der Waals surface area contributed by atoms with Crippen LogP contribution >= 0.6 is 0 Å². The Kier molecular flexibility index (Phi) is 3.78. The number of halogens is 3. The maximum atomic E-state index is 12.4. The molecular formula is C11H15F3N2. The van der Waals surface area contributed by atoms with Crippen LogP contribution in [0.25, 0.3) is 0 Å². The number of hydrogen-bond donors (Lipinski definition) is 1. The van der Waals surface area contributed by atoms with Crippen molar-refractivity contribution >= 4 is 5.82 Å². The summed E-state index contributed by atoms with van der Waals surface area (Å²) < 4.78 is 37.1. The number of pyridine rings is 1. The molecule has 1 atom stereocenters. The van der Waals surface area contributed by atoms with Crippen LogP contribution < -0.4 is 5.32 Å². The van der Waals surface area contributed by atoms with E-state index in [1.54, 1.807) is 0 Å². The maximum absolute atomic E-state index is 12.4. The molecule has 1 unspecified atom stereocenters. The van der Waals surface area contributed by atoms with Crippen LogP contribution in [0.5, 0.6) is 0 Å². The fourth-order valence-electron chi connectivity index (χ4n) is 1.07. The van der Waals surface area contributed by atoms with Crippen molar-refractivity contribution in [1.82, 2.24) is 4.98 Å². The van der Waals surface area contributed by atoms with Gasteiger partial charge < -0.3 is 5.32 Å². The van der Waals surface area contributed by atoms with E-state index in [4.69, 9.17) is 0 Å². The minimum atomic E-state index is -4.39. The van der Waals surface area contributed by atoms with Crippen molar-refractivity contribution in [3.63, 3.8) is 0 Å². The third kappa shape index (κ3) is 3.40. The number of nitrogens with one attached hydrogen (secondary N) is 1. The van der Waals surface area contributed by atoms with E-state index in [0.717, 1.165) is 6.07 Å². The Bertz CT molecular complexity index is 347. The van der Waals surface area contributed by atoms with Crippen LogP contribution in [0.15, 0.2) is 18.2 Å². The third-order valence-corrected chi connectivity index (χ3v) is 2.42. The number of rotatable bonds is 3. The Hall–Kier alpha value is -1.26. The summed E-state index contributed by atoms with van der Waals surface area (Å²) in [5.41, 5.74) is -0.867. The molecule has 0 aliphatic heterocycles. The Morgan fingerprint density at radius 1 is 1.19 bits per heavy atom. The molecule has 0 aliphatic carbocycles. The van der Waals surface area contributed by atoms with Crippen LogP contribution in [0.3, 0.4) is 0 Å². The smallest absolute Gasteiger partial charge is 0.367 e. The maximum Gasteiger partial charge on any atom is 0.433 e. The van der Waals surface area contributed by atoms with Gasteiger partial charge in [-0.05, 0) is 25.0 Å². The average molecular weight is 232 g/mol. The van der Waals surface area contributed by atoms with E-state index < -0.39 is 11.9 Å². The summed E-state index contributed by atoms with van der Waals surface area (Å²) in [6, 6.07) is 3.93. The quantitative estimate of drug-likeness (QED) is 0.861. The second-order valence-electron chi connectivity index (χ2n) is 4.08. The van der Waals surface area contributed by atoms with Crippen molar-refractivity contribution in [2.24, 2.45) is 5.92 Å². The summed E-state index contributed by atoms with van der Waals surface area (Å²) >= 11 is 0. The monoisotopic (exact) mass is 232 g/mol. The molecule has 0 bridgehead atoms. The zero-order valence-electron chi connectivity index (χ0n) is 9.47. The Balaban J connectivity index is 2.83. The summed E-state index contributed by atoms with van der Waals surface area (Å²) in [5, 5.41) is 2.94. The molecule has 0 radical (unpaired) electrons. The van der Waals surface area contributed by atoms with Crippen molar-refractivity contribution in [2.45, 2.75) is 33.0 Å². The zero-order valence-corrected chi connectivity index (χ0v) is 9.47. The van der Waals surface area contributed by atoms with Gasteiger partial charge in [0.1, 0.15) is 11.5 Å². The lowest BCUT2D eigenvalue weighted by Gasteiger charge is -2.18. The third-order valence-electron chi connectivity index (χ3n) is 2.42. The fraction of sp³-hybridized carbons (Fsp3) is 0.545. The molecule has 0 saturated carbocycles. The molecule has 1 heterocycles. The summed E-state index contributed by atoms with van der Waals surface area (Å²) in [6.45, 7) is 5.89. The molecule has 5 heteroatoms. The lowest BCUT2D eigenvalue weighted by molar-refractivity contribution is -0.141. The molecule has 0 amide bonds. The van der Waals surface area contributed by atoms with Gasteiger partial charge in [0, 0.05) is 6.04 Å². The Labute approximate surface area is 92.9 Å². The van der Waals surface area contributed by atoms with Gasteiger partial charge in [-0.3, -0.25) is 0 Å². The Morgan fingerprint density at radius 3 is 2.31 bits per heavy atom. The second-order valence-corrected chi connectivity index (χ2v) is 4.08. The molecule has 1 rings (SSSR count). The summed E-state index contributed by atoms with van der Waals surface area (Å²) in [7, 11) is 0. The number of anilines is 1. The van der Waals surface area contributed by atoms with E-state index in [9.17, 15) is 13.2 Å². The zero-order chi connectivity index (χ0) is 12.3. The first-order chi connectivity index (χ1) is 7.30. The molecular weight excluding hydrogens is 217 g/mol. The van der Waals surface area contributed by atoms with Gasteiger partial charge in [-0.25, -0.2) is 4.98 Å². The van der Waals surface area contributed by atoms with Gasteiger partial charge in [-0.15, -0.1) is 0 Å². The van der Waals surface area contributed by atoms with Crippen molar-refractivity contribution in [3.8, 4) is 0 Å². The van der Waals surface area contributed by atoms with Gasteiger partial charge in [0.05, 0.1) is 0 Å². The first-order valence-corrected chi connectivity index (χ1v) is 5.11. The van der Waals surface area contributed by atoms with Crippen molar-refractivity contribution < 1.29 is 13.2 Å². The van der Waals surface area contributed by atoms with Crippen LogP contribution in [-0.4, -0.2) is 11.0 Å². The summed E-state index contributed by atoms with van der Waals surface area (Å²) in [4.78, 5) is 3.53. The molecule has 1 aromatic rings. The molecule has 0 spiro atoms. The topological polar surface area (TPSA) is 24.9 Å². The molecule has 1 aromatic heterocycles. The minimum Gasteiger partial charge on any atom is -0.367 e. The van der Waals surface area contributed by atoms with Crippen LogP contribution in [0.1, 0.15) is 26.5 Å². The Morgan fingerprint density at radius 2 is 1.81 bits per heavy atom. The van der Waals surface area contributed by atoms with Crippen LogP contribution in [-0.2, 0) is 6.18 Å². The van der Waals surface area contributed by atoms with E-state index >= 15 is 0 Å². The largest absolute Gasteiger partial charge is 0.433 e. The molecule has 0 fully saturated rings. The van der Waals surface area contributed by atoms with Gasteiger partial charge in [0.15, 0.2) is 0 Å². The molecule has 0 aromatic carbocycles. The summed E-state index contributed by atoms with van der Waals surface area (Å²) in [6.07, 6.45) is -4.39. The van der Waals surface area contributed by atoms with Gasteiger partial charge in [0.25, 0.3) is 0 Å². The standard InChI is InChI=1S/C11H15F3N2/c1-7(2)8(3)15-10-6-4-5-9(16-10)11(12,13)14/h4-8H,1-3H3,(H,15,16). The van der Waals surface area contributed by atoms with E-state index in [0.29, 0.717) is 5.92 Å². The number of aromatic nitrogens is 1. The minimum absolute atomic E-state index is 0.0796. The van der Waals surface area contributed by atoms with Crippen LogP contribution in [0.2, 0.25) is 0 Å². The van der Waals surface area contributed by atoms with Gasteiger partial charge in [0.2, 0.25) is 0 Å². The molecule has 2 nitrogen and oxygen atoms in total. The van der Waals surface area contributed by atoms with Gasteiger partial charge in [-0.2, -0.15) is 13.2 Å². The molecule has 1 N–H and O–H groups in total. The molecule has 0 saturated heterocycles. The number of nitrogens with zero attached hydrogens (tertiary/aromatic N) is 1. The second kappa shape index (κ2) is 4.72. The fourth-order valence-corrected chi connectivity index (χ4v) is 1.07. The van der Waals surface area contributed by atoms with Crippen LogP contribution in [0.4, 0.5) is 19.0 Å². The lowest BCUT2D eigenvalue weighted by Crippen LogP contribution is -2.22. The summed E-state index contributed by atoms with van der Waals surface area (Å²) in [5.74, 6) is 0.590. The molecule has 0 aliphatic rings. The predicted molar refractivity (Wildman–Crippen MR) is 57.2 cm³/mol. The first-order valence-electron chi connectivity index (χ1n) is 5.11. The van der Waals surface area contributed by atoms with Crippen molar-refractivity contribution in [1.29, 1.82) is 0 Å². The number of alkyl halides is 3. The highest BCUT2D eigenvalue weighted by Gasteiger charge is 2.32. The van der Waals surface area contributed by atoms with E-state index in [2.05, 4.69) is 10.3 Å².